The standard InChI is InChI=1S/C11H17F3N4/c1-10(2,3)9-16-7(15)5-8(17-9)18(4)6-11(12,13)14/h5H,6H2,1-4H3,(H2,15,16,17). The number of anilines is 2. The number of nitrogen functional groups attached to an aromatic ring is 1. The maximum Gasteiger partial charge on any atom is 0.405 e. The summed E-state index contributed by atoms with van der Waals surface area (Å²) in [4.78, 5) is 9.17. The third-order valence-electron chi connectivity index (χ3n) is 2.21. The first-order chi connectivity index (χ1) is 7.99. The van der Waals surface area contributed by atoms with E-state index in [2.05, 4.69) is 9.97 Å². The lowest BCUT2D eigenvalue weighted by Crippen LogP contribution is -2.32. The molecule has 4 nitrogen and oxygen atoms in total. The second-order valence-electron chi connectivity index (χ2n) is 5.20. The monoisotopic (exact) mass is 262 g/mol. The van der Waals surface area contributed by atoms with Crippen LogP contribution < -0.4 is 10.6 Å². The van der Waals surface area contributed by atoms with Gasteiger partial charge < -0.3 is 10.6 Å². The second-order valence-corrected chi connectivity index (χ2v) is 5.20. The molecule has 2 N–H and O–H groups in total. The van der Waals surface area contributed by atoms with Gasteiger partial charge in [-0.25, -0.2) is 9.97 Å². The maximum atomic E-state index is 12.3. The van der Waals surface area contributed by atoms with E-state index in [1.807, 2.05) is 20.8 Å². The van der Waals surface area contributed by atoms with Crippen molar-refractivity contribution in [2.24, 2.45) is 0 Å². The predicted octanol–water partition coefficient (Wildman–Crippen LogP) is 2.35. The fourth-order valence-electron chi connectivity index (χ4n) is 1.33. The highest BCUT2D eigenvalue weighted by Crippen LogP contribution is 2.24. The normalized spacial score (nSPS) is 12.6. The quantitative estimate of drug-likeness (QED) is 0.889. The summed E-state index contributed by atoms with van der Waals surface area (Å²) in [7, 11) is 1.32. The van der Waals surface area contributed by atoms with Gasteiger partial charge in [0.25, 0.3) is 0 Å². The molecular formula is C11H17F3N4. The van der Waals surface area contributed by atoms with E-state index in [4.69, 9.17) is 5.73 Å². The topological polar surface area (TPSA) is 55.0 Å². The van der Waals surface area contributed by atoms with Crippen molar-refractivity contribution in [3.63, 3.8) is 0 Å². The Morgan fingerprint density at radius 3 is 2.22 bits per heavy atom. The van der Waals surface area contributed by atoms with Crippen LogP contribution in [0.5, 0.6) is 0 Å². The first kappa shape index (κ1) is 14.5. The van der Waals surface area contributed by atoms with Gasteiger partial charge in [0.1, 0.15) is 24.0 Å². The molecule has 0 unspecified atom stereocenters. The van der Waals surface area contributed by atoms with Crippen molar-refractivity contribution in [2.45, 2.75) is 32.4 Å². The van der Waals surface area contributed by atoms with Crippen LogP contribution in [0.15, 0.2) is 6.07 Å². The second kappa shape index (κ2) is 4.62. The molecule has 1 heterocycles. The van der Waals surface area contributed by atoms with Gasteiger partial charge in [-0.1, -0.05) is 20.8 Å². The number of hydrogen-bond donors (Lipinski definition) is 1. The van der Waals surface area contributed by atoms with Crippen LogP contribution in [0.4, 0.5) is 24.8 Å². The average molecular weight is 262 g/mol. The first-order valence-electron chi connectivity index (χ1n) is 5.42. The Morgan fingerprint density at radius 1 is 1.22 bits per heavy atom. The molecule has 102 valence electrons. The summed E-state index contributed by atoms with van der Waals surface area (Å²) in [5.74, 6) is 0.759. The van der Waals surface area contributed by atoms with Gasteiger partial charge in [0, 0.05) is 18.5 Å². The molecule has 0 radical (unpaired) electrons. The predicted molar refractivity (Wildman–Crippen MR) is 64.5 cm³/mol. The van der Waals surface area contributed by atoms with Gasteiger partial charge in [-0.2, -0.15) is 13.2 Å². The van der Waals surface area contributed by atoms with Gasteiger partial charge in [0.15, 0.2) is 0 Å². The fourth-order valence-corrected chi connectivity index (χ4v) is 1.33. The third-order valence-corrected chi connectivity index (χ3v) is 2.21. The summed E-state index contributed by atoms with van der Waals surface area (Å²) in [5, 5.41) is 0. The minimum atomic E-state index is -4.28. The van der Waals surface area contributed by atoms with Crippen molar-refractivity contribution in [1.82, 2.24) is 9.97 Å². The molecule has 1 aromatic heterocycles. The molecule has 1 rings (SSSR count). The molecule has 0 aliphatic carbocycles. The Balaban J connectivity index is 3.07. The lowest BCUT2D eigenvalue weighted by atomic mass is 9.96. The van der Waals surface area contributed by atoms with E-state index in [1.165, 1.54) is 13.1 Å². The molecule has 0 saturated heterocycles. The number of nitrogens with two attached hydrogens (primary N) is 1. The third kappa shape index (κ3) is 4.05. The van der Waals surface area contributed by atoms with Crippen molar-refractivity contribution < 1.29 is 13.2 Å². The van der Waals surface area contributed by atoms with E-state index >= 15 is 0 Å². The first-order valence-corrected chi connectivity index (χ1v) is 5.42. The summed E-state index contributed by atoms with van der Waals surface area (Å²) < 4.78 is 36.9. The molecule has 0 bridgehead atoms. The Kier molecular flexibility index (Phi) is 3.73. The van der Waals surface area contributed by atoms with Crippen LogP contribution in [-0.4, -0.2) is 29.7 Å². The molecule has 0 amide bonds. The van der Waals surface area contributed by atoms with E-state index in [0.717, 1.165) is 4.90 Å². The molecule has 0 fully saturated rings. The summed E-state index contributed by atoms with van der Waals surface area (Å²) in [6.07, 6.45) is -4.28. The molecule has 0 saturated carbocycles. The molecule has 18 heavy (non-hydrogen) atoms. The summed E-state index contributed by atoms with van der Waals surface area (Å²) in [6.45, 7) is 4.53. The smallest absolute Gasteiger partial charge is 0.384 e. The van der Waals surface area contributed by atoms with Gasteiger partial charge in [-0.05, 0) is 0 Å². The Hall–Kier alpha value is -1.53. The Bertz CT molecular complexity index is 423. The van der Waals surface area contributed by atoms with Gasteiger partial charge in [0.2, 0.25) is 0 Å². The van der Waals surface area contributed by atoms with Gasteiger partial charge in [-0.15, -0.1) is 0 Å². The van der Waals surface area contributed by atoms with E-state index in [0.29, 0.717) is 5.82 Å². The number of halogens is 3. The van der Waals surface area contributed by atoms with Crippen LogP contribution in [0.3, 0.4) is 0 Å². The van der Waals surface area contributed by atoms with Crippen LogP contribution in [-0.2, 0) is 5.41 Å². The minimum Gasteiger partial charge on any atom is -0.384 e. The highest BCUT2D eigenvalue weighted by molar-refractivity contribution is 5.47. The minimum absolute atomic E-state index is 0.166. The number of hydrogen-bond acceptors (Lipinski definition) is 4. The van der Waals surface area contributed by atoms with Gasteiger partial charge in [0.05, 0.1) is 0 Å². The zero-order valence-corrected chi connectivity index (χ0v) is 10.8. The molecule has 0 spiro atoms. The van der Waals surface area contributed by atoms with Crippen molar-refractivity contribution in [2.75, 3.05) is 24.2 Å². The van der Waals surface area contributed by atoms with E-state index in [-0.39, 0.29) is 17.1 Å². The van der Waals surface area contributed by atoms with Crippen LogP contribution in [0.25, 0.3) is 0 Å². The fraction of sp³-hybridized carbons (Fsp3) is 0.636. The molecule has 0 aliphatic rings. The number of nitrogens with zero attached hydrogens (tertiary/aromatic N) is 3. The van der Waals surface area contributed by atoms with E-state index < -0.39 is 12.7 Å². The van der Waals surface area contributed by atoms with E-state index in [1.54, 1.807) is 0 Å². The Morgan fingerprint density at radius 2 is 1.78 bits per heavy atom. The lowest BCUT2D eigenvalue weighted by molar-refractivity contribution is -0.119. The van der Waals surface area contributed by atoms with Crippen molar-refractivity contribution in [3.05, 3.63) is 11.9 Å². The highest BCUT2D eigenvalue weighted by Gasteiger charge is 2.30. The van der Waals surface area contributed by atoms with Crippen LogP contribution >= 0.6 is 0 Å². The van der Waals surface area contributed by atoms with E-state index in [9.17, 15) is 13.2 Å². The molecule has 0 atom stereocenters. The van der Waals surface area contributed by atoms with Crippen molar-refractivity contribution >= 4 is 11.6 Å². The summed E-state index contributed by atoms with van der Waals surface area (Å²) in [5.41, 5.74) is 5.23. The van der Waals surface area contributed by atoms with Crippen LogP contribution in [0.2, 0.25) is 0 Å². The highest BCUT2D eigenvalue weighted by atomic mass is 19.4. The van der Waals surface area contributed by atoms with Crippen molar-refractivity contribution in [3.8, 4) is 0 Å². The molecule has 0 aliphatic heterocycles. The molecular weight excluding hydrogens is 245 g/mol. The summed E-state index contributed by atoms with van der Waals surface area (Å²) >= 11 is 0. The molecule has 1 aromatic rings. The number of rotatable bonds is 2. The zero-order chi connectivity index (χ0) is 14.1. The number of aromatic nitrogens is 2. The van der Waals surface area contributed by atoms with Crippen LogP contribution in [0, 0.1) is 0 Å². The van der Waals surface area contributed by atoms with Crippen molar-refractivity contribution in [1.29, 1.82) is 0 Å². The largest absolute Gasteiger partial charge is 0.405 e. The Labute approximate surface area is 104 Å². The summed E-state index contributed by atoms with van der Waals surface area (Å²) in [6, 6.07) is 1.33. The lowest BCUT2D eigenvalue weighted by Gasteiger charge is -2.23. The molecule has 7 heteroatoms. The average Bonchev–Trinajstić information content (AvgIpc) is 2.12. The SMILES string of the molecule is CN(CC(F)(F)F)c1cc(N)nc(C(C)(C)C)n1. The zero-order valence-electron chi connectivity index (χ0n) is 10.8. The maximum absolute atomic E-state index is 12.3. The van der Waals surface area contributed by atoms with Gasteiger partial charge in [-0.3, -0.25) is 0 Å². The van der Waals surface area contributed by atoms with Crippen LogP contribution in [0.1, 0.15) is 26.6 Å². The molecule has 0 aromatic carbocycles. The number of alkyl halides is 3. The van der Waals surface area contributed by atoms with Gasteiger partial charge >= 0.3 is 6.18 Å².